The van der Waals surface area contributed by atoms with Crippen LogP contribution < -0.4 is 10.7 Å². The normalized spacial score (nSPS) is 10.7. The topological polar surface area (TPSA) is 70.6 Å². The van der Waals surface area contributed by atoms with Crippen LogP contribution in [0.2, 0.25) is 10.0 Å². The minimum absolute atomic E-state index is 0.0160. The fourth-order valence-corrected chi connectivity index (χ4v) is 2.45. The van der Waals surface area contributed by atoms with E-state index >= 15 is 0 Å². The number of hydrogen-bond acceptors (Lipinski definition) is 3. The molecule has 2 N–H and O–H groups in total. The van der Waals surface area contributed by atoms with Gasteiger partial charge in [0.25, 0.3) is 0 Å². The van der Waals surface area contributed by atoms with Crippen LogP contribution in [-0.4, -0.2) is 18.0 Å². The highest BCUT2D eigenvalue weighted by Crippen LogP contribution is 2.25. The van der Waals surface area contributed by atoms with Crippen LogP contribution in [0.25, 0.3) is 0 Å². The Bertz CT molecular complexity index is 807. The summed E-state index contributed by atoms with van der Waals surface area (Å²) in [6, 6.07) is 12.4. The summed E-state index contributed by atoms with van der Waals surface area (Å²) in [6.45, 7) is 1.95. The van der Waals surface area contributed by atoms with Gasteiger partial charge < -0.3 is 5.32 Å². The molecular weight excluding hydrogens is 361 g/mol. The molecule has 130 valence electrons. The summed E-state index contributed by atoms with van der Waals surface area (Å²) < 4.78 is 0. The van der Waals surface area contributed by atoms with E-state index in [4.69, 9.17) is 23.2 Å². The Kier molecular flexibility index (Phi) is 6.98. The van der Waals surface area contributed by atoms with Crippen molar-refractivity contribution in [3.63, 3.8) is 0 Å². The van der Waals surface area contributed by atoms with E-state index < -0.39 is 0 Å². The second-order valence-corrected chi connectivity index (χ2v) is 6.17. The van der Waals surface area contributed by atoms with E-state index in [-0.39, 0.29) is 24.7 Å². The number of benzene rings is 2. The van der Waals surface area contributed by atoms with Gasteiger partial charge in [0, 0.05) is 17.9 Å². The summed E-state index contributed by atoms with van der Waals surface area (Å²) in [7, 11) is 0. The van der Waals surface area contributed by atoms with Gasteiger partial charge in [0.2, 0.25) is 11.8 Å². The summed E-state index contributed by atoms with van der Waals surface area (Å²) in [4.78, 5) is 23.6. The van der Waals surface area contributed by atoms with Gasteiger partial charge >= 0.3 is 0 Å². The van der Waals surface area contributed by atoms with Gasteiger partial charge in [0.1, 0.15) is 0 Å². The van der Waals surface area contributed by atoms with Crippen LogP contribution in [0, 0.1) is 6.92 Å². The van der Waals surface area contributed by atoms with E-state index in [0.29, 0.717) is 15.7 Å². The molecule has 25 heavy (non-hydrogen) atoms. The summed E-state index contributed by atoms with van der Waals surface area (Å²) >= 11 is 11.8. The van der Waals surface area contributed by atoms with Gasteiger partial charge in [-0.15, -0.1) is 0 Å². The van der Waals surface area contributed by atoms with Crippen LogP contribution in [0.4, 0.5) is 5.69 Å². The Morgan fingerprint density at radius 1 is 1.08 bits per heavy atom. The molecule has 0 radical (unpaired) electrons. The lowest BCUT2D eigenvalue weighted by Gasteiger charge is -2.07. The average molecular weight is 378 g/mol. The molecule has 0 unspecified atom stereocenters. The molecule has 2 aromatic carbocycles. The van der Waals surface area contributed by atoms with Crippen LogP contribution in [0.3, 0.4) is 0 Å². The van der Waals surface area contributed by atoms with Gasteiger partial charge in [-0.3, -0.25) is 9.59 Å². The Balaban J connectivity index is 1.77. The minimum atomic E-state index is -0.345. The van der Waals surface area contributed by atoms with Crippen LogP contribution in [0.15, 0.2) is 47.6 Å². The van der Waals surface area contributed by atoms with Crippen molar-refractivity contribution in [2.24, 2.45) is 5.10 Å². The standard InChI is InChI=1S/C18H17Cl2N3O2/c1-12-4-2-3-5-13(12)11-21-23-18(25)9-8-17(24)22-16-7-6-14(19)10-15(16)20/h2-7,10-11H,8-9H2,1H3,(H,22,24)(H,23,25). The molecule has 0 bridgehead atoms. The van der Waals surface area contributed by atoms with Gasteiger partial charge in [-0.05, 0) is 36.2 Å². The first kappa shape index (κ1) is 19.0. The molecule has 0 aliphatic carbocycles. The third-order valence-corrected chi connectivity index (χ3v) is 3.91. The van der Waals surface area contributed by atoms with Crippen molar-refractivity contribution in [3.05, 3.63) is 63.6 Å². The second-order valence-electron chi connectivity index (χ2n) is 5.32. The predicted octanol–water partition coefficient (Wildman–Crippen LogP) is 4.17. The molecule has 2 aromatic rings. The number of amides is 2. The summed E-state index contributed by atoms with van der Waals surface area (Å²) in [5, 5.41) is 7.35. The maximum atomic E-state index is 11.9. The van der Waals surface area contributed by atoms with Gasteiger partial charge in [0.15, 0.2) is 0 Å². The molecule has 7 heteroatoms. The van der Waals surface area contributed by atoms with Gasteiger partial charge in [0.05, 0.1) is 16.9 Å². The lowest BCUT2D eigenvalue weighted by molar-refractivity contribution is -0.124. The molecule has 2 rings (SSSR count). The van der Waals surface area contributed by atoms with Gasteiger partial charge in [-0.2, -0.15) is 5.10 Å². The zero-order valence-electron chi connectivity index (χ0n) is 13.6. The number of nitrogens with zero attached hydrogens (tertiary/aromatic N) is 1. The fourth-order valence-electron chi connectivity index (χ4n) is 1.99. The second kappa shape index (κ2) is 9.20. The molecule has 0 aromatic heterocycles. The van der Waals surface area contributed by atoms with Crippen molar-refractivity contribution in [3.8, 4) is 0 Å². The van der Waals surface area contributed by atoms with Crippen molar-refractivity contribution >= 4 is 46.9 Å². The number of hydrogen-bond donors (Lipinski definition) is 2. The Labute approximate surface area is 156 Å². The highest BCUT2D eigenvalue weighted by molar-refractivity contribution is 6.36. The third-order valence-electron chi connectivity index (χ3n) is 3.37. The summed E-state index contributed by atoms with van der Waals surface area (Å²) in [6.07, 6.45) is 1.60. The first-order valence-corrected chi connectivity index (χ1v) is 8.34. The molecule has 0 heterocycles. The maximum Gasteiger partial charge on any atom is 0.240 e. The van der Waals surface area contributed by atoms with E-state index in [0.717, 1.165) is 11.1 Å². The molecule has 0 aliphatic rings. The first-order valence-electron chi connectivity index (χ1n) is 7.58. The number of carbonyl (C=O) groups excluding carboxylic acids is 2. The number of nitrogens with one attached hydrogen (secondary N) is 2. The lowest BCUT2D eigenvalue weighted by Crippen LogP contribution is -2.20. The van der Waals surface area contributed by atoms with Crippen molar-refractivity contribution < 1.29 is 9.59 Å². The highest BCUT2D eigenvalue weighted by Gasteiger charge is 2.09. The first-order chi connectivity index (χ1) is 12.0. The summed E-state index contributed by atoms with van der Waals surface area (Å²) in [5.74, 6) is -0.663. The molecule has 0 fully saturated rings. The molecule has 5 nitrogen and oxygen atoms in total. The van der Waals surface area contributed by atoms with Crippen molar-refractivity contribution in [1.82, 2.24) is 5.43 Å². The third kappa shape index (κ3) is 6.21. The molecule has 0 atom stereocenters. The van der Waals surface area contributed by atoms with Crippen molar-refractivity contribution in [1.29, 1.82) is 0 Å². The van der Waals surface area contributed by atoms with Crippen LogP contribution in [0.5, 0.6) is 0 Å². The number of halogens is 2. The lowest BCUT2D eigenvalue weighted by atomic mass is 10.1. The van der Waals surface area contributed by atoms with Crippen LogP contribution in [-0.2, 0) is 9.59 Å². The van der Waals surface area contributed by atoms with Gasteiger partial charge in [-0.1, -0.05) is 47.5 Å². The molecule has 0 aliphatic heterocycles. The zero-order valence-corrected chi connectivity index (χ0v) is 15.1. The Hall–Kier alpha value is -2.37. The Morgan fingerprint density at radius 3 is 2.52 bits per heavy atom. The fraction of sp³-hybridized carbons (Fsp3) is 0.167. The van der Waals surface area contributed by atoms with Crippen molar-refractivity contribution in [2.45, 2.75) is 19.8 Å². The van der Waals surface area contributed by atoms with Crippen LogP contribution in [0.1, 0.15) is 24.0 Å². The van der Waals surface area contributed by atoms with Crippen LogP contribution >= 0.6 is 23.2 Å². The Morgan fingerprint density at radius 2 is 1.80 bits per heavy atom. The van der Waals surface area contributed by atoms with E-state index in [1.807, 2.05) is 31.2 Å². The zero-order chi connectivity index (χ0) is 18.2. The number of anilines is 1. The molecular formula is C18H17Cl2N3O2. The quantitative estimate of drug-likeness (QED) is 0.585. The average Bonchev–Trinajstić information content (AvgIpc) is 2.57. The number of carbonyl (C=O) groups is 2. The molecule has 0 saturated carbocycles. The SMILES string of the molecule is Cc1ccccc1C=NNC(=O)CCC(=O)Nc1ccc(Cl)cc1Cl. The predicted molar refractivity (Wildman–Crippen MR) is 101 cm³/mol. The van der Waals surface area contributed by atoms with E-state index in [2.05, 4.69) is 15.8 Å². The minimum Gasteiger partial charge on any atom is -0.325 e. The maximum absolute atomic E-state index is 11.9. The molecule has 0 spiro atoms. The van der Waals surface area contributed by atoms with E-state index in [1.165, 1.54) is 6.07 Å². The smallest absolute Gasteiger partial charge is 0.240 e. The molecule has 0 saturated heterocycles. The largest absolute Gasteiger partial charge is 0.325 e. The van der Waals surface area contributed by atoms with Gasteiger partial charge in [-0.25, -0.2) is 5.43 Å². The number of hydrazone groups is 1. The van der Waals surface area contributed by atoms with E-state index in [1.54, 1.807) is 18.3 Å². The molecule has 2 amide bonds. The van der Waals surface area contributed by atoms with E-state index in [9.17, 15) is 9.59 Å². The van der Waals surface area contributed by atoms with Crippen molar-refractivity contribution in [2.75, 3.05) is 5.32 Å². The monoisotopic (exact) mass is 377 g/mol. The summed E-state index contributed by atoms with van der Waals surface area (Å²) in [5.41, 5.74) is 4.83. The number of rotatable bonds is 6. The number of aryl methyl sites for hydroxylation is 1. The highest BCUT2D eigenvalue weighted by atomic mass is 35.5.